The molecular weight excluding hydrogens is 210 g/mol. The average Bonchev–Trinajstić information content (AvgIpc) is 2.16. The summed E-state index contributed by atoms with van der Waals surface area (Å²) in [6.07, 6.45) is 0. The number of aromatic hydroxyl groups is 1. The van der Waals surface area contributed by atoms with Crippen LogP contribution >= 0.6 is 0 Å². The first-order valence-corrected chi connectivity index (χ1v) is 4.82. The molecule has 1 amide bonds. The molecule has 0 saturated heterocycles. The van der Waals surface area contributed by atoms with Crippen LogP contribution in [0, 0.1) is 0 Å². The number of carbonyl (C=O) groups is 2. The number of amides is 1. The van der Waals surface area contributed by atoms with E-state index in [-0.39, 0.29) is 23.8 Å². The molecule has 1 rings (SSSR count). The van der Waals surface area contributed by atoms with Crippen molar-refractivity contribution in [2.75, 3.05) is 11.9 Å². The second-order valence-corrected chi connectivity index (χ2v) is 3.13. The number of benzene rings is 1. The molecule has 1 aromatic rings. The maximum Gasteiger partial charge on any atom is 0.341 e. The number of phenols is 1. The van der Waals surface area contributed by atoms with Crippen molar-refractivity contribution in [2.24, 2.45) is 0 Å². The van der Waals surface area contributed by atoms with Gasteiger partial charge in [-0.1, -0.05) is 0 Å². The fourth-order valence-electron chi connectivity index (χ4n) is 1.19. The molecule has 0 bridgehead atoms. The van der Waals surface area contributed by atoms with E-state index in [0.29, 0.717) is 5.69 Å². The lowest BCUT2D eigenvalue weighted by Gasteiger charge is -2.06. The molecule has 0 aromatic heterocycles. The van der Waals surface area contributed by atoms with Gasteiger partial charge in [0.25, 0.3) is 0 Å². The first-order chi connectivity index (χ1) is 7.54. The van der Waals surface area contributed by atoms with Crippen LogP contribution in [-0.2, 0) is 9.53 Å². The minimum Gasteiger partial charge on any atom is -0.507 e. The zero-order valence-electron chi connectivity index (χ0n) is 9.11. The number of rotatable bonds is 3. The molecule has 16 heavy (non-hydrogen) atoms. The van der Waals surface area contributed by atoms with Crippen molar-refractivity contribution in [1.29, 1.82) is 0 Å². The molecule has 2 N–H and O–H groups in total. The quantitative estimate of drug-likeness (QED) is 0.762. The number of nitrogens with one attached hydrogen (secondary N) is 1. The summed E-state index contributed by atoms with van der Waals surface area (Å²) in [6.45, 7) is 3.28. The molecule has 0 aliphatic carbocycles. The van der Waals surface area contributed by atoms with Gasteiger partial charge in [-0.15, -0.1) is 0 Å². The van der Waals surface area contributed by atoms with Crippen LogP contribution in [0.5, 0.6) is 5.75 Å². The highest BCUT2D eigenvalue weighted by atomic mass is 16.5. The number of anilines is 1. The van der Waals surface area contributed by atoms with Gasteiger partial charge >= 0.3 is 5.97 Å². The van der Waals surface area contributed by atoms with Crippen molar-refractivity contribution in [3.63, 3.8) is 0 Å². The first kappa shape index (κ1) is 12.0. The smallest absolute Gasteiger partial charge is 0.341 e. The lowest BCUT2D eigenvalue weighted by atomic mass is 10.2. The third-order valence-electron chi connectivity index (χ3n) is 1.81. The van der Waals surface area contributed by atoms with Crippen LogP contribution in [0.25, 0.3) is 0 Å². The lowest BCUT2D eigenvalue weighted by Crippen LogP contribution is -2.08. The van der Waals surface area contributed by atoms with Gasteiger partial charge in [-0.3, -0.25) is 4.79 Å². The van der Waals surface area contributed by atoms with Crippen LogP contribution in [0.1, 0.15) is 24.2 Å². The Morgan fingerprint density at radius 3 is 2.62 bits per heavy atom. The SMILES string of the molecule is CCOC(=O)c1ccc(NC(C)=O)cc1O. The summed E-state index contributed by atoms with van der Waals surface area (Å²) in [4.78, 5) is 22.1. The minimum atomic E-state index is -0.589. The van der Waals surface area contributed by atoms with Gasteiger partial charge in [0, 0.05) is 18.7 Å². The largest absolute Gasteiger partial charge is 0.507 e. The lowest BCUT2D eigenvalue weighted by molar-refractivity contribution is -0.114. The number of phenolic OH excluding ortho intramolecular Hbond substituents is 1. The average molecular weight is 223 g/mol. The summed E-state index contributed by atoms with van der Waals surface area (Å²) in [5.41, 5.74) is 0.508. The van der Waals surface area contributed by atoms with Gasteiger partial charge in [-0.2, -0.15) is 0 Å². The van der Waals surface area contributed by atoms with E-state index >= 15 is 0 Å². The predicted octanol–water partition coefficient (Wildman–Crippen LogP) is 1.53. The molecule has 0 aliphatic heterocycles. The monoisotopic (exact) mass is 223 g/mol. The Balaban J connectivity index is 2.91. The van der Waals surface area contributed by atoms with E-state index in [9.17, 15) is 14.7 Å². The summed E-state index contributed by atoms with van der Waals surface area (Å²) in [7, 11) is 0. The van der Waals surface area contributed by atoms with E-state index in [0.717, 1.165) is 0 Å². The highest BCUT2D eigenvalue weighted by Crippen LogP contribution is 2.22. The summed E-state index contributed by atoms with van der Waals surface area (Å²) in [6, 6.07) is 4.22. The topological polar surface area (TPSA) is 75.6 Å². The second-order valence-electron chi connectivity index (χ2n) is 3.13. The molecule has 5 heteroatoms. The number of esters is 1. The van der Waals surface area contributed by atoms with E-state index < -0.39 is 5.97 Å². The molecular formula is C11H13NO4. The molecule has 0 spiro atoms. The normalized spacial score (nSPS) is 9.62. The summed E-state index contributed by atoms with van der Waals surface area (Å²) < 4.78 is 4.74. The van der Waals surface area contributed by atoms with E-state index in [1.165, 1.54) is 25.1 Å². The summed E-state index contributed by atoms with van der Waals surface area (Å²) in [5, 5.41) is 12.0. The van der Waals surface area contributed by atoms with Crippen molar-refractivity contribution in [3.05, 3.63) is 23.8 Å². The standard InChI is InChI=1S/C11H13NO4/c1-3-16-11(15)9-5-4-8(6-10(9)14)12-7(2)13/h4-6,14H,3H2,1-2H3,(H,12,13). The van der Waals surface area contributed by atoms with Crippen LogP contribution in [0.4, 0.5) is 5.69 Å². The van der Waals surface area contributed by atoms with Gasteiger partial charge in [0.2, 0.25) is 5.91 Å². The van der Waals surface area contributed by atoms with E-state index in [2.05, 4.69) is 5.32 Å². The Kier molecular flexibility index (Phi) is 3.88. The Labute approximate surface area is 93.0 Å². The number of hydrogen-bond donors (Lipinski definition) is 2. The fourth-order valence-corrected chi connectivity index (χ4v) is 1.19. The Morgan fingerprint density at radius 1 is 1.44 bits per heavy atom. The maximum absolute atomic E-state index is 11.3. The van der Waals surface area contributed by atoms with Gasteiger partial charge in [0.15, 0.2) is 0 Å². The van der Waals surface area contributed by atoms with Crippen LogP contribution in [0.15, 0.2) is 18.2 Å². The highest BCUT2D eigenvalue weighted by Gasteiger charge is 2.12. The van der Waals surface area contributed by atoms with E-state index in [4.69, 9.17) is 4.74 Å². The summed E-state index contributed by atoms with van der Waals surface area (Å²) >= 11 is 0. The van der Waals surface area contributed by atoms with Gasteiger partial charge in [0.1, 0.15) is 11.3 Å². The third kappa shape index (κ3) is 2.98. The zero-order valence-corrected chi connectivity index (χ0v) is 9.11. The van der Waals surface area contributed by atoms with Crippen molar-refractivity contribution in [3.8, 4) is 5.75 Å². The van der Waals surface area contributed by atoms with Crippen molar-refractivity contribution >= 4 is 17.6 Å². The van der Waals surface area contributed by atoms with Gasteiger partial charge in [-0.25, -0.2) is 4.79 Å². The van der Waals surface area contributed by atoms with Crippen molar-refractivity contribution < 1.29 is 19.4 Å². The van der Waals surface area contributed by atoms with Crippen LogP contribution < -0.4 is 5.32 Å². The highest BCUT2D eigenvalue weighted by molar-refractivity contribution is 5.94. The second kappa shape index (κ2) is 5.16. The first-order valence-electron chi connectivity index (χ1n) is 4.82. The molecule has 0 saturated carbocycles. The van der Waals surface area contributed by atoms with Crippen LogP contribution in [-0.4, -0.2) is 23.6 Å². The van der Waals surface area contributed by atoms with Crippen LogP contribution in [0.2, 0.25) is 0 Å². The van der Waals surface area contributed by atoms with Crippen molar-refractivity contribution in [1.82, 2.24) is 0 Å². The number of hydrogen-bond acceptors (Lipinski definition) is 4. The Hall–Kier alpha value is -2.04. The third-order valence-corrected chi connectivity index (χ3v) is 1.81. The van der Waals surface area contributed by atoms with Gasteiger partial charge < -0.3 is 15.2 Å². The number of ether oxygens (including phenoxy) is 1. The molecule has 0 fully saturated rings. The van der Waals surface area contributed by atoms with E-state index in [1.807, 2.05) is 0 Å². The molecule has 0 radical (unpaired) electrons. The van der Waals surface area contributed by atoms with Gasteiger partial charge in [-0.05, 0) is 19.1 Å². The molecule has 0 unspecified atom stereocenters. The maximum atomic E-state index is 11.3. The summed E-state index contributed by atoms with van der Waals surface area (Å²) in [5.74, 6) is -1.05. The molecule has 1 aromatic carbocycles. The fraction of sp³-hybridized carbons (Fsp3) is 0.273. The zero-order chi connectivity index (χ0) is 12.1. The Morgan fingerprint density at radius 2 is 2.12 bits per heavy atom. The predicted molar refractivity (Wildman–Crippen MR) is 58.4 cm³/mol. The Bertz CT molecular complexity index is 414. The molecule has 0 atom stereocenters. The molecule has 0 aliphatic rings. The van der Waals surface area contributed by atoms with Crippen molar-refractivity contribution in [2.45, 2.75) is 13.8 Å². The molecule has 0 heterocycles. The molecule has 5 nitrogen and oxygen atoms in total. The minimum absolute atomic E-state index is 0.0796. The van der Waals surface area contributed by atoms with E-state index in [1.54, 1.807) is 6.92 Å². The van der Waals surface area contributed by atoms with Gasteiger partial charge in [0.05, 0.1) is 6.61 Å². The molecule has 86 valence electrons. The van der Waals surface area contributed by atoms with Crippen LogP contribution in [0.3, 0.4) is 0 Å². The number of carbonyl (C=O) groups excluding carboxylic acids is 2.